The van der Waals surface area contributed by atoms with Gasteiger partial charge < -0.3 is 20.4 Å². The summed E-state index contributed by atoms with van der Waals surface area (Å²) in [5.74, 6) is 1.48. The second kappa shape index (κ2) is 5.38. The molecule has 1 aliphatic heterocycles. The van der Waals surface area contributed by atoms with Crippen LogP contribution in [0.3, 0.4) is 0 Å². The number of fused-ring (bicyclic) bond motifs is 1. The molecule has 0 aromatic carbocycles. The molecular weight excluding hydrogens is 342 g/mol. The zero-order valence-corrected chi connectivity index (χ0v) is 13.2. The number of hydrogen-bond donors (Lipinski definition) is 3. The molecule has 10 heteroatoms. The molecule has 8 nitrogen and oxygen atoms in total. The minimum atomic E-state index is -0.971. The van der Waals surface area contributed by atoms with Gasteiger partial charge in [-0.1, -0.05) is 0 Å². The van der Waals surface area contributed by atoms with Gasteiger partial charge in [0.25, 0.3) is 0 Å². The standard InChI is InChI=1S/C13H12ClN5O3S/c14-13-17-9(15)7-11(18-13)19(12-8(21)5(20)4-23-12)10(16-7)6-2-1-3-22-6/h1-3,5,8,12,20-21H,4H2,(H2,15,17,18)/t5-,8-,12-/m1/s1. The Bertz CT molecular complexity index is 868. The molecule has 0 amide bonds. The van der Waals surface area contributed by atoms with E-state index in [-0.39, 0.29) is 11.1 Å². The van der Waals surface area contributed by atoms with Crippen LogP contribution in [0.15, 0.2) is 22.8 Å². The van der Waals surface area contributed by atoms with Gasteiger partial charge in [-0.05, 0) is 23.7 Å². The van der Waals surface area contributed by atoms with Crippen molar-refractivity contribution in [2.75, 3.05) is 11.5 Å². The molecule has 4 rings (SSSR count). The van der Waals surface area contributed by atoms with Crippen LogP contribution < -0.4 is 5.73 Å². The minimum Gasteiger partial charge on any atom is -0.461 e. The summed E-state index contributed by atoms with van der Waals surface area (Å²) in [6.07, 6.45) is -0.281. The smallest absolute Gasteiger partial charge is 0.226 e. The summed E-state index contributed by atoms with van der Waals surface area (Å²) in [5, 5.41) is 19.7. The van der Waals surface area contributed by atoms with Crippen molar-refractivity contribution in [1.29, 1.82) is 0 Å². The van der Waals surface area contributed by atoms with Crippen molar-refractivity contribution in [1.82, 2.24) is 19.5 Å². The van der Waals surface area contributed by atoms with Crippen LogP contribution in [0.5, 0.6) is 0 Å². The lowest BCUT2D eigenvalue weighted by Gasteiger charge is -2.19. The van der Waals surface area contributed by atoms with Crippen LogP contribution in [0.4, 0.5) is 5.82 Å². The molecule has 0 radical (unpaired) electrons. The van der Waals surface area contributed by atoms with Crippen molar-refractivity contribution < 1.29 is 14.6 Å². The van der Waals surface area contributed by atoms with E-state index in [0.717, 1.165) is 0 Å². The first-order valence-electron chi connectivity index (χ1n) is 6.79. The molecule has 0 aliphatic carbocycles. The van der Waals surface area contributed by atoms with Gasteiger partial charge in [0.05, 0.1) is 12.4 Å². The maximum Gasteiger partial charge on any atom is 0.226 e. The third-order valence-electron chi connectivity index (χ3n) is 3.66. The summed E-state index contributed by atoms with van der Waals surface area (Å²) in [7, 11) is 0. The van der Waals surface area contributed by atoms with Crippen LogP contribution in [-0.4, -0.2) is 47.7 Å². The Morgan fingerprint density at radius 1 is 1.35 bits per heavy atom. The van der Waals surface area contributed by atoms with Crippen LogP contribution in [0.25, 0.3) is 22.7 Å². The molecule has 0 unspecified atom stereocenters. The van der Waals surface area contributed by atoms with Crippen LogP contribution in [0, 0.1) is 0 Å². The number of nitrogen functional groups attached to an aromatic ring is 1. The number of halogens is 1. The van der Waals surface area contributed by atoms with Crippen LogP contribution >= 0.6 is 23.4 Å². The lowest BCUT2D eigenvalue weighted by atomic mass is 10.2. The van der Waals surface area contributed by atoms with E-state index in [4.69, 9.17) is 21.8 Å². The van der Waals surface area contributed by atoms with Crippen molar-refractivity contribution >= 4 is 40.3 Å². The average molecular weight is 354 g/mol. The van der Waals surface area contributed by atoms with Gasteiger partial charge in [0.2, 0.25) is 5.28 Å². The summed E-state index contributed by atoms with van der Waals surface area (Å²) < 4.78 is 7.11. The maximum atomic E-state index is 10.3. The lowest BCUT2D eigenvalue weighted by molar-refractivity contribution is 0.0316. The number of hydrogen-bond acceptors (Lipinski definition) is 8. The molecule has 4 heterocycles. The molecule has 0 spiro atoms. The Morgan fingerprint density at radius 3 is 2.83 bits per heavy atom. The van der Waals surface area contributed by atoms with Gasteiger partial charge in [0.15, 0.2) is 28.6 Å². The van der Waals surface area contributed by atoms with Gasteiger partial charge in [-0.25, -0.2) is 4.98 Å². The topological polar surface area (TPSA) is 123 Å². The molecule has 4 N–H and O–H groups in total. The summed E-state index contributed by atoms with van der Waals surface area (Å²) in [6, 6.07) is 3.47. The fraction of sp³-hybridized carbons (Fsp3) is 0.308. The number of thioether (sulfide) groups is 1. The number of imidazole rings is 1. The first-order valence-corrected chi connectivity index (χ1v) is 8.21. The molecule has 3 atom stereocenters. The molecule has 3 aromatic heterocycles. The van der Waals surface area contributed by atoms with E-state index in [0.29, 0.717) is 28.5 Å². The molecule has 1 saturated heterocycles. The van der Waals surface area contributed by atoms with E-state index in [1.165, 1.54) is 18.0 Å². The summed E-state index contributed by atoms with van der Waals surface area (Å²) in [5.41, 5.74) is 6.65. The van der Waals surface area contributed by atoms with Crippen LogP contribution in [0.1, 0.15) is 5.37 Å². The van der Waals surface area contributed by atoms with Crippen LogP contribution in [-0.2, 0) is 0 Å². The van der Waals surface area contributed by atoms with Crippen molar-refractivity contribution in [3.63, 3.8) is 0 Å². The summed E-state index contributed by atoms with van der Waals surface area (Å²) in [6.45, 7) is 0. The highest BCUT2D eigenvalue weighted by Crippen LogP contribution is 2.41. The SMILES string of the molecule is Nc1nc(Cl)nc2c1nc(-c1ccco1)n2[C@@H]1SC[C@@H](O)[C@H]1O. The highest BCUT2D eigenvalue weighted by Gasteiger charge is 2.38. The number of aliphatic hydroxyl groups excluding tert-OH is 2. The van der Waals surface area contributed by atoms with Gasteiger partial charge in [-0.3, -0.25) is 4.57 Å². The first kappa shape index (κ1) is 14.8. The van der Waals surface area contributed by atoms with E-state index in [9.17, 15) is 10.2 Å². The number of nitrogens with two attached hydrogens (primary N) is 1. The molecule has 1 aliphatic rings. The van der Waals surface area contributed by atoms with E-state index >= 15 is 0 Å². The number of anilines is 1. The second-order valence-corrected chi connectivity index (χ2v) is 6.60. The Hall–Kier alpha value is -1.81. The predicted octanol–water partition coefficient (Wildman–Crippen LogP) is 1.29. The van der Waals surface area contributed by atoms with Gasteiger partial charge in [-0.15, -0.1) is 11.8 Å². The fourth-order valence-electron chi connectivity index (χ4n) is 2.60. The van der Waals surface area contributed by atoms with Gasteiger partial charge >= 0.3 is 0 Å². The predicted molar refractivity (Wildman–Crippen MR) is 86.0 cm³/mol. The lowest BCUT2D eigenvalue weighted by Crippen LogP contribution is -2.28. The molecule has 0 bridgehead atoms. The zero-order valence-electron chi connectivity index (χ0n) is 11.6. The molecule has 3 aromatic rings. The fourth-order valence-corrected chi connectivity index (χ4v) is 4.09. The number of rotatable bonds is 2. The highest BCUT2D eigenvalue weighted by molar-refractivity contribution is 7.99. The second-order valence-electron chi connectivity index (χ2n) is 5.11. The maximum absolute atomic E-state index is 10.3. The minimum absolute atomic E-state index is 0.0137. The molecule has 120 valence electrons. The third kappa shape index (κ3) is 2.27. The van der Waals surface area contributed by atoms with Gasteiger partial charge in [0.1, 0.15) is 11.5 Å². The number of aliphatic hydroxyl groups is 2. The first-order chi connectivity index (χ1) is 11.1. The number of furan rings is 1. The van der Waals surface area contributed by atoms with E-state index in [1.54, 1.807) is 16.7 Å². The van der Waals surface area contributed by atoms with E-state index in [2.05, 4.69) is 15.0 Å². The van der Waals surface area contributed by atoms with Gasteiger partial charge in [-0.2, -0.15) is 9.97 Å². The van der Waals surface area contributed by atoms with Crippen molar-refractivity contribution in [2.45, 2.75) is 17.6 Å². The Labute approximate surface area is 139 Å². The van der Waals surface area contributed by atoms with E-state index < -0.39 is 17.6 Å². The Balaban J connectivity index is 2.01. The summed E-state index contributed by atoms with van der Waals surface area (Å²) in [4.78, 5) is 12.6. The van der Waals surface area contributed by atoms with E-state index in [1.807, 2.05) is 0 Å². The number of aromatic nitrogens is 4. The monoisotopic (exact) mass is 353 g/mol. The Morgan fingerprint density at radius 2 is 2.17 bits per heavy atom. The van der Waals surface area contributed by atoms with Crippen LogP contribution in [0.2, 0.25) is 5.28 Å². The quantitative estimate of drug-likeness (QED) is 0.589. The largest absolute Gasteiger partial charge is 0.461 e. The summed E-state index contributed by atoms with van der Waals surface area (Å²) >= 11 is 7.31. The van der Waals surface area contributed by atoms with Crippen molar-refractivity contribution in [3.05, 3.63) is 23.7 Å². The molecule has 0 saturated carbocycles. The average Bonchev–Trinajstić information content (AvgIpc) is 3.20. The highest BCUT2D eigenvalue weighted by atomic mass is 35.5. The molecule has 1 fully saturated rings. The van der Waals surface area contributed by atoms with Crippen molar-refractivity contribution in [2.24, 2.45) is 0 Å². The zero-order chi connectivity index (χ0) is 16.1. The molecule has 23 heavy (non-hydrogen) atoms. The Kier molecular flexibility index (Phi) is 3.45. The molecular formula is C13H12ClN5O3S. The third-order valence-corrected chi connectivity index (χ3v) is 5.19. The van der Waals surface area contributed by atoms with Gasteiger partial charge in [0, 0.05) is 5.75 Å². The van der Waals surface area contributed by atoms with Crippen molar-refractivity contribution in [3.8, 4) is 11.6 Å². The normalized spacial score (nSPS) is 24.6. The number of nitrogens with zero attached hydrogens (tertiary/aromatic N) is 4.